The SMILES string of the molecule is Cc1csc(N2CCN(C(=O)Cc3ccc(N)cc3)CC2)n1.Cl.Cl. The van der Waals surface area contributed by atoms with Gasteiger partial charge in [-0.15, -0.1) is 36.2 Å². The van der Waals surface area contributed by atoms with Crippen LogP contribution in [0.25, 0.3) is 0 Å². The topological polar surface area (TPSA) is 62.5 Å². The largest absolute Gasteiger partial charge is 0.399 e. The zero-order chi connectivity index (χ0) is 15.5. The Labute approximate surface area is 158 Å². The van der Waals surface area contributed by atoms with E-state index in [1.807, 2.05) is 36.1 Å². The minimum atomic E-state index is 0. The molecule has 0 saturated carbocycles. The lowest BCUT2D eigenvalue weighted by atomic mass is 10.1. The molecular formula is C16H22Cl2N4OS. The highest BCUT2D eigenvalue weighted by atomic mass is 35.5. The summed E-state index contributed by atoms with van der Waals surface area (Å²) in [4.78, 5) is 21.1. The van der Waals surface area contributed by atoms with Crippen LogP contribution in [0.2, 0.25) is 0 Å². The Bertz CT molecular complexity index is 654. The number of benzene rings is 1. The summed E-state index contributed by atoms with van der Waals surface area (Å²) in [6, 6.07) is 7.51. The summed E-state index contributed by atoms with van der Waals surface area (Å²) >= 11 is 1.67. The highest BCUT2D eigenvalue weighted by molar-refractivity contribution is 7.13. The first-order chi connectivity index (χ1) is 10.6. The molecule has 5 nitrogen and oxygen atoms in total. The number of carbonyl (C=O) groups is 1. The van der Waals surface area contributed by atoms with Gasteiger partial charge in [0.05, 0.1) is 12.1 Å². The Balaban J connectivity index is 0.00000144. The molecule has 0 aliphatic carbocycles. The molecule has 8 heteroatoms. The van der Waals surface area contributed by atoms with Crippen molar-refractivity contribution >= 4 is 52.9 Å². The third-order valence-electron chi connectivity index (χ3n) is 3.84. The number of amides is 1. The molecule has 2 aromatic rings. The van der Waals surface area contributed by atoms with Gasteiger partial charge in [0.15, 0.2) is 5.13 Å². The van der Waals surface area contributed by atoms with E-state index in [1.165, 1.54) is 0 Å². The van der Waals surface area contributed by atoms with Gasteiger partial charge in [-0.3, -0.25) is 4.79 Å². The molecule has 1 aliphatic rings. The number of hydrogen-bond donors (Lipinski definition) is 1. The van der Waals surface area contributed by atoms with Crippen molar-refractivity contribution in [3.63, 3.8) is 0 Å². The van der Waals surface area contributed by atoms with Gasteiger partial charge in [0, 0.05) is 37.2 Å². The monoisotopic (exact) mass is 388 g/mol. The normalized spacial score (nSPS) is 13.9. The van der Waals surface area contributed by atoms with Crippen LogP contribution in [-0.4, -0.2) is 42.0 Å². The van der Waals surface area contributed by atoms with Crippen LogP contribution in [0.3, 0.4) is 0 Å². The molecule has 1 amide bonds. The van der Waals surface area contributed by atoms with Crippen molar-refractivity contribution in [1.82, 2.24) is 9.88 Å². The molecule has 132 valence electrons. The average Bonchev–Trinajstić information content (AvgIpc) is 2.96. The number of halogens is 2. The van der Waals surface area contributed by atoms with Crippen molar-refractivity contribution in [2.24, 2.45) is 0 Å². The molecule has 1 saturated heterocycles. The summed E-state index contributed by atoms with van der Waals surface area (Å²) in [5.41, 5.74) is 8.46. The summed E-state index contributed by atoms with van der Waals surface area (Å²) in [5, 5.41) is 3.12. The van der Waals surface area contributed by atoms with Crippen molar-refractivity contribution in [2.75, 3.05) is 36.8 Å². The van der Waals surface area contributed by atoms with E-state index in [1.54, 1.807) is 11.3 Å². The predicted octanol–water partition coefficient (Wildman–Crippen LogP) is 2.77. The fourth-order valence-electron chi connectivity index (χ4n) is 2.56. The van der Waals surface area contributed by atoms with Gasteiger partial charge >= 0.3 is 0 Å². The number of nitrogens with zero attached hydrogens (tertiary/aromatic N) is 3. The first kappa shape index (κ1) is 20.5. The number of carbonyl (C=O) groups excluding carboxylic acids is 1. The van der Waals surface area contributed by atoms with Crippen LogP contribution in [0, 0.1) is 6.92 Å². The zero-order valence-corrected chi connectivity index (χ0v) is 15.9. The number of aryl methyl sites for hydroxylation is 1. The number of nitrogens with two attached hydrogens (primary N) is 1. The Morgan fingerprint density at radius 1 is 1.17 bits per heavy atom. The fraction of sp³-hybridized carbons (Fsp3) is 0.375. The minimum Gasteiger partial charge on any atom is -0.399 e. The highest BCUT2D eigenvalue weighted by Crippen LogP contribution is 2.21. The number of thiazole rings is 1. The van der Waals surface area contributed by atoms with Crippen LogP contribution in [0.1, 0.15) is 11.3 Å². The van der Waals surface area contributed by atoms with E-state index in [-0.39, 0.29) is 30.7 Å². The number of aromatic nitrogens is 1. The second kappa shape index (κ2) is 9.11. The molecule has 1 aromatic heterocycles. The van der Waals surface area contributed by atoms with E-state index in [0.717, 1.165) is 48.3 Å². The molecule has 0 spiro atoms. The smallest absolute Gasteiger partial charge is 0.227 e. The van der Waals surface area contributed by atoms with Crippen molar-refractivity contribution in [1.29, 1.82) is 0 Å². The summed E-state index contributed by atoms with van der Waals surface area (Å²) < 4.78 is 0. The molecule has 0 bridgehead atoms. The summed E-state index contributed by atoms with van der Waals surface area (Å²) in [7, 11) is 0. The number of anilines is 2. The quantitative estimate of drug-likeness (QED) is 0.820. The van der Waals surface area contributed by atoms with Crippen LogP contribution >= 0.6 is 36.2 Å². The van der Waals surface area contributed by atoms with Crippen molar-refractivity contribution in [3.8, 4) is 0 Å². The maximum absolute atomic E-state index is 12.4. The van der Waals surface area contributed by atoms with Crippen LogP contribution in [0.5, 0.6) is 0 Å². The lowest BCUT2D eigenvalue weighted by molar-refractivity contribution is -0.130. The maximum Gasteiger partial charge on any atom is 0.227 e. The van der Waals surface area contributed by atoms with E-state index in [4.69, 9.17) is 5.73 Å². The van der Waals surface area contributed by atoms with Gasteiger partial charge < -0.3 is 15.5 Å². The maximum atomic E-state index is 12.4. The van der Waals surface area contributed by atoms with Crippen LogP contribution in [-0.2, 0) is 11.2 Å². The third kappa shape index (κ3) is 5.00. The van der Waals surface area contributed by atoms with E-state index >= 15 is 0 Å². The summed E-state index contributed by atoms with van der Waals surface area (Å²) in [5.74, 6) is 0.180. The third-order valence-corrected chi connectivity index (χ3v) is 4.86. The molecule has 0 atom stereocenters. The molecule has 2 N–H and O–H groups in total. The first-order valence-electron chi connectivity index (χ1n) is 7.41. The standard InChI is InChI=1S/C16H20N4OS.2ClH/c1-12-11-22-16(18-12)20-8-6-19(7-9-20)15(21)10-13-2-4-14(17)5-3-13;;/h2-5,11H,6-10,17H2,1H3;2*1H. The second-order valence-electron chi connectivity index (χ2n) is 5.56. The summed E-state index contributed by atoms with van der Waals surface area (Å²) in [6.07, 6.45) is 0.441. The van der Waals surface area contributed by atoms with Gasteiger partial charge in [0.1, 0.15) is 0 Å². The van der Waals surface area contributed by atoms with E-state index in [0.29, 0.717) is 6.42 Å². The molecule has 1 aliphatic heterocycles. The molecule has 1 fully saturated rings. The second-order valence-corrected chi connectivity index (χ2v) is 6.39. The number of hydrogen-bond acceptors (Lipinski definition) is 5. The molecule has 0 radical (unpaired) electrons. The fourth-order valence-corrected chi connectivity index (χ4v) is 3.41. The molecule has 2 heterocycles. The van der Waals surface area contributed by atoms with Gasteiger partial charge in [0.2, 0.25) is 5.91 Å². The van der Waals surface area contributed by atoms with Gasteiger partial charge in [-0.1, -0.05) is 12.1 Å². The molecule has 3 rings (SSSR count). The number of rotatable bonds is 3. The first-order valence-corrected chi connectivity index (χ1v) is 8.29. The molecule has 1 aromatic carbocycles. The molecular weight excluding hydrogens is 367 g/mol. The van der Waals surface area contributed by atoms with Crippen molar-refractivity contribution in [2.45, 2.75) is 13.3 Å². The Hall–Kier alpha value is -1.50. The zero-order valence-electron chi connectivity index (χ0n) is 13.5. The number of nitrogen functional groups attached to an aromatic ring is 1. The van der Waals surface area contributed by atoms with E-state index in [2.05, 4.69) is 15.3 Å². The minimum absolute atomic E-state index is 0. The highest BCUT2D eigenvalue weighted by Gasteiger charge is 2.22. The van der Waals surface area contributed by atoms with Gasteiger partial charge in [-0.25, -0.2) is 4.98 Å². The lowest BCUT2D eigenvalue weighted by Gasteiger charge is -2.34. The lowest BCUT2D eigenvalue weighted by Crippen LogP contribution is -2.49. The van der Waals surface area contributed by atoms with Crippen LogP contribution in [0.4, 0.5) is 10.8 Å². The number of piperazine rings is 1. The molecule has 24 heavy (non-hydrogen) atoms. The van der Waals surface area contributed by atoms with Gasteiger partial charge in [0.25, 0.3) is 0 Å². The summed E-state index contributed by atoms with van der Waals surface area (Å²) in [6.45, 7) is 5.21. The molecule has 0 unspecified atom stereocenters. The Kier molecular flexibility index (Phi) is 7.79. The van der Waals surface area contributed by atoms with E-state index < -0.39 is 0 Å². The van der Waals surface area contributed by atoms with Crippen molar-refractivity contribution < 1.29 is 4.79 Å². The Morgan fingerprint density at radius 3 is 2.33 bits per heavy atom. The van der Waals surface area contributed by atoms with Gasteiger partial charge in [-0.2, -0.15) is 0 Å². The Morgan fingerprint density at radius 2 is 1.79 bits per heavy atom. The van der Waals surface area contributed by atoms with E-state index in [9.17, 15) is 4.79 Å². The average molecular weight is 389 g/mol. The van der Waals surface area contributed by atoms with Gasteiger partial charge in [-0.05, 0) is 24.6 Å². The van der Waals surface area contributed by atoms with Crippen LogP contribution in [0.15, 0.2) is 29.6 Å². The van der Waals surface area contributed by atoms with Crippen LogP contribution < -0.4 is 10.6 Å². The predicted molar refractivity (Wildman–Crippen MR) is 105 cm³/mol. The van der Waals surface area contributed by atoms with Crippen molar-refractivity contribution in [3.05, 3.63) is 40.9 Å².